The Kier molecular flexibility index (Phi) is 6.15. The third-order valence-corrected chi connectivity index (χ3v) is 6.57. The zero-order valence-electron chi connectivity index (χ0n) is 18.0. The molecule has 1 saturated heterocycles. The maximum absolute atomic E-state index is 4.90. The molecule has 0 saturated carbocycles. The molecule has 1 unspecified atom stereocenters. The Labute approximate surface area is 175 Å². The molecule has 2 aromatic carbocycles. The second-order valence-electron chi connectivity index (χ2n) is 8.33. The van der Waals surface area contributed by atoms with Gasteiger partial charge >= 0.3 is 0 Å². The molecule has 3 heteroatoms. The molecule has 3 nitrogen and oxygen atoms in total. The minimum absolute atomic E-state index is 0.436. The molecule has 2 heterocycles. The number of benzene rings is 2. The number of hydrogen-bond donors (Lipinski definition) is 0. The van der Waals surface area contributed by atoms with Gasteiger partial charge in [-0.3, -0.25) is 9.58 Å². The first-order valence-corrected chi connectivity index (χ1v) is 11.0. The van der Waals surface area contributed by atoms with Gasteiger partial charge < -0.3 is 0 Å². The fourth-order valence-electron chi connectivity index (χ4n) is 4.98. The summed E-state index contributed by atoms with van der Waals surface area (Å²) in [5.41, 5.74) is 6.84. The van der Waals surface area contributed by atoms with Crippen LogP contribution < -0.4 is 0 Å². The van der Waals surface area contributed by atoms with E-state index in [4.69, 9.17) is 5.10 Å². The second kappa shape index (κ2) is 8.96. The summed E-state index contributed by atoms with van der Waals surface area (Å²) in [4.78, 5) is 2.69. The number of likely N-dealkylation sites (tertiary alicyclic amines) is 1. The van der Waals surface area contributed by atoms with Crippen LogP contribution in [-0.4, -0.2) is 27.8 Å². The van der Waals surface area contributed by atoms with Crippen LogP contribution in [0.3, 0.4) is 0 Å². The number of piperidine rings is 1. The predicted octanol–water partition coefficient (Wildman–Crippen LogP) is 5.68. The van der Waals surface area contributed by atoms with Gasteiger partial charge in [0.15, 0.2) is 0 Å². The predicted molar refractivity (Wildman–Crippen MR) is 120 cm³/mol. The zero-order chi connectivity index (χ0) is 20.2. The van der Waals surface area contributed by atoms with E-state index >= 15 is 0 Å². The summed E-state index contributed by atoms with van der Waals surface area (Å²) in [5.74, 6) is 0. The normalized spacial score (nSPS) is 16.8. The van der Waals surface area contributed by atoms with Gasteiger partial charge in [0.2, 0.25) is 0 Å². The Morgan fingerprint density at radius 2 is 1.55 bits per heavy atom. The summed E-state index contributed by atoms with van der Waals surface area (Å²) in [6.07, 6.45) is 4.48. The summed E-state index contributed by atoms with van der Waals surface area (Å²) >= 11 is 0. The molecular weight excluding hydrogens is 354 g/mol. The topological polar surface area (TPSA) is 21.1 Å². The highest BCUT2D eigenvalue weighted by Gasteiger charge is 2.28. The van der Waals surface area contributed by atoms with Gasteiger partial charge in [-0.05, 0) is 56.2 Å². The van der Waals surface area contributed by atoms with Crippen molar-refractivity contribution in [3.8, 4) is 0 Å². The fourth-order valence-corrected chi connectivity index (χ4v) is 4.98. The van der Waals surface area contributed by atoms with Crippen molar-refractivity contribution < 1.29 is 0 Å². The third kappa shape index (κ3) is 4.30. The van der Waals surface area contributed by atoms with Crippen LogP contribution in [0, 0.1) is 13.8 Å². The summed E-state index contributed by atoms with van der Waals surface area (Å²) in [6, 6.07) is 22.9. The lowest BCUT2D eigenvalue weighted by Crippen LogP contribution is -2.38. The molecule has 0 bridgehead atoms. The molecule has 0 radical (unpaired) electrons. The standard InChI is InChI=1S/C26H33N3/c1-4-25-20(2)27-29(21(25)3)24-15-17-28(18-16-24)26(23-13-9-6-10-14-23)19-22-11-7-5-8-12-22/h5-14,24,26H,4,15-19H2,1-3H3. The number of nitrogens with zero attached hydrogens (tertiary/aromatic N) is 3. The molecule has 0 aliphatic carbocycles. The maximum Gasteiger partial charge on any atom is 0.0628 e. The van der Waals surface area contributed by atoms with Crippen LogP contribution >= 0.6 is 0 Å². The lowest BCUT2D eigenvalue weighted by molar-refractivity contribution is 0.128. The Hall–Kier alpha value is -2.39. The van der Waals surface area contributed by atoms with E-state index in [0.29, 0.717) is 12.1 Å². The van der Waals surface area contributed by atoms with Crippen molar-refractivity contribution in [3.05, 3.63) is 88.7 Å². The highest BCUT2D eigenvalue weighted by Crippen LogP contribution is 2.32. The SMILES string of the molecule is CCc1c(C)nn(C2CCN(C(Cc3ccccc3)c3ccccc3)CC2)c1C. The van der Waals surface area contributed by atoms with Crippen molar-refractivity contribution in [3.63, 3.8) is 0 Å². The van der Waals surface area contributed by atoms with Gasteiger partial charge in [-0.2, -0.15) is 5.10 Å². The second-order valence-corrected chi connectivity index (χ2v) is 8.33. The van der Waals surface area contributed by atoms with E-state index in [1.165, 1.54) is 40.9 Å². The lowest BCUT2D eigenvalue weighted by atomic mass is 9.94. The number of hydrogen-bond acceptors (Lipinski definition) is 2. The van der Waals surface area contributed by atoms with Crippen LogP contribution in [0.15, 0.2) is 60.7 Å². The fraction of sp³-hybridized carbons (Fsp3) is 0.423. The van der Waals surface area contributed by atoms with Crippen molar-refractivity contribution in [2.75, 3.05) is 13.1 Å². The highest BCUT2D eigenvalue weighted by molar-refractivity contribution is 5.26. The monoisotopic (exact) mass is 387 g/mol. The van der Waals surface area contributed by atoms with Gasteiger partial charge in [0.05, 0.1) is 11.7 Å². The van der Waals surface area contributed by atoms with E-state index in [1.54, 1.807) is 0 Å². The van der Waals surface area contributed by atoms with Gasteiger partial charge in [0.1, 0.15) is 0 Å². The number of rotatable bonds is 6. The molecule has 0 amide bonds. The Bertz CT molecular complexity index is 906. The van der Waals surface area contributed by atoms with Crippen molar-refractivity contribution in [1.29, 1.82) is 0 Å². The molecule has 1 aliphatic heterocycles. The van der Waals surface area contributed by atoms with E-state index in [9.17, 15) is 0 Å². The highest BCUT2D eigenvalue weighted by atomic mass is 15.3. The van der Waals surface area contributed by atoms with Gasteiger partial charge in [0.25, 0.3) is 0 Å². The van der Waals surface area contributed by atoms with Crippen molar-refractivity contribution in [2.24, 2.45) is 0 Å². The van der Waals surface area contributed by atoms with Crippen molar-refractivity contribution >= 4 is 0 Å². The van der Waals surface area contributed by atoms with Gasteiger partial charge in [-0.25, -0.2) is 0 Å². The molecule has 3 aromatic rings. The molecule has 4 rings (SSSR count). The largest absolute Gasteiger partial charge is 0.296 e. The van der Waals surface area contributed by atoms with Gasteiger partial charge in [-0.1, -0.05) is 67.6 Å². The number of aromatic nitrogens is 2. The van der Waals surface area contributed by atoms with Crippen molar-refractivity contribution in [2.45, 2.75) is 58.5 Å². The number of aryl methyl sites for hydroxylation is 1. The van der Waals surface area contributed by atoms with E-state index in [0.717, 1.165) is 25.9 Å². The molecule has 0 N–H and O–H groups in total. The first-order chi connectivity index (χ1) is 14.2. The molecular formula is C26H33N3. The average molecular weight is 388 g/mol. The molecule has 1 atom stereocenters. The minimum atomic E-state index is 0.436. The Balaban J connectivity index is 1.51. The average Bonchev–Trinajstić information content (AvgIpc) is 3.06. The quantitative estimate of drug-likeness (QED) is 0.542. The van der Waals surface area contributed by atoms with Crippen LogP contribution in [-0.2, 0) is 12.8 Å². The summed E-state index contributed by atoms with van der Waals surface area (Å²) < 4.78 is 2.32. The van der Waals surface area contributed by atoms with Crippen LogP contribution in [0.2, 0.25) is 0 Å². The smallest absolute Gasteiger partial charge is 0.0628 e. The molecule has 1 fully saturated rings. The molecule has 152 valence electrons. The summed E-state index contributed by atoms with van der Waals surface area (Å²) in [7, 11) is 0. The molecule has 1 aromatic heterocycles. The van der Waals surface area contributed by atoms with E-state index in [-0.39, 0.29) is 0 Å². The first-order valence-electron chi connectivity index (χ1n) is 11.0. The Morgan fingerprint density at radius 1 is 0.931 bits per heavy atom. The molecule has 29 heavy (non-hydrogen) atoms. The van der Waals surface area contributed by atoms with Crippen LogP contribution in [0.25, 0.3) is 0 Å². The van der Waals surface area contributed by atoms with Gasteiger partial charge in [0, 0.05) is 24.8 Å². The zero-order valence-corrected chi connectivity index (χ0v) is 18.0. The van der Waals surface area contributed by atoms with Crippen molar-refractivity contribution in [1.82, 2.24) is 14.7 Å². The van der Waals surface area contributed by atoms with Crippen LogP contribution in [0.4, 0.5) is 0 Å². The lowest BCUT2D eigenvalue weighted by Gasteiger charge is -2.38. The summed E-state index contributed by atoms with van der Waals surface area (Å²) in [5, 5.41) is 4.90. The summed E-state index contributed by atoms with van der Waals surface area (Å²) in [6.45, 7) is 8.88. The molecule has 1 aliphatic rings. The third-order valence-electron chi connectivity index (χ3n) is 6.57. The van der Waals surface area contributed by atoms with Crippen LogP contribution in [0.1, 0.15) is 59.9 Å². The van der Waals surface area contributed by atoms with E-state index in [2.05, 4.69) is 91.0 Å². The van der Waals surface area contributed by atoms with Gasteiger partial charge in [-0.15, -0.1) is 0 Å². The molecule has 0 spiro atoms. The van der Waals surface area contributed by atoms with Crippen LogP contribution in [0.5, 0.6) is 0 Å². The Morgan fingerprint density at radius 3 is 2.14 bits per heavy atom. The minimum Gasteiger partial charge on any atom is -0.296 e. The van der Waals surface area contributed by atoms with E-state index in [1.807, 2.05) is 0 Å². The van der Waals surface area contributed by atoms with E-state index < -0.39 is 0 Å². The first kappa shape index (κ1) is 19.9. The maximum atomic E-state index is 4.90.